The van der Waals surface area contributed by atoms with E-state index in [9.17, 15) is 9.18 Å². The summed E-state index contributed by atoms with van der Waals surface area (Å²) in [6, 6.07) is 22.7. The molecule has 0 saturated carbocycles. The number of rotatable bonds is 5. The van der Waals surface area contributed by atoms with E-state index in [1.807, 2.05) is 41.8 Å². The Balaban J connectivity index is 1.66. The zero-order chi connectivity index (χ0) is 22.2. The molecule has 0 saturated heterocycles. The Morgan fingerprint density at radius 3 is 2.50 bits per heavy atom. The van der Waals surface area contributed by atoms with E-state index in [4.69, 9.17) is 4.98 Å². The summed E-state index contributed by atoms with van der Waals surface area (Å²) in [4.78, 5) is 18.4. The first-order valence-corrected chi connectivity index (χ1v) is 10.8. The van der Waals surface area contributed by atoms with Crippen molar-refractivity contribution < 1.29 is 4.39 Å². The van der Waals surface area contributed by atoms with Crippen molar-refractivity contribution in [1.29, 1.82) is 0 Å². The molecule has 0 amide bonds. The fraction of sp³-hybridized carbons (Fsp3) is 0.185. The lowest BCUT2D eigenvalue weighted by Gasteiger charge is -2.14. The molecule has 1 atom stereocenters. The molecule has 0 bridgehead atoms. The summed E-state index contributed by atoms with van der Waals surface area (Å²) in [5.41, 5.74) is 5.40. The molecule has 5 rings (SSSR count). The quantitative estimate of drug-likeness (QED) is 0.365. The van der Waals surface area contributed by atoms with Gasteiger partial charge in [-0.2, -0.15) is 0 Å². The third-order valence-electron chi connectivity index (χ3n) is 6.07. The number of halogens is 1. The molecule has 2 heterocycles. The minimum Gasteiger partial charge on any atom is -0.330 e. The second kappa shape index (κ2) is 8.08. The van der Waals surface area contributed by atoms with Crippen molar-refractivity contribution in [2.75, 3.05) is 0 Å². The summed E-state index contributed by atoms with van der Waals surface area (Å²) in [6.07, 6.45) is 1.66. The summed E-state index contributed by atoms with van der Waals surface area (Å²) >= 11 is 0. The van der Waals surface area contributed by atoms with Crippen LogP contribution in [0.25, 0.3) is 21.9 Å². The largest absolute Gasteiger partial charge is 0.330 e. The van der Waals surface area contributed by atoms with Crippen LogP contribution in [0.3, 0.4) is 0 Å². The molecule has 1 unspecified atom stereocenters. The maximum absolute atomic E-state index is 13.7. The van der Waals surface area contributed by atoms with Crippen LogP contribution >= 0.6 is 0 Å². The fourth-order valence-corrected chi connectivity index (χ4v) is 4.36. The van der Waals surface area contributed by atoms with Gasteiger partial charge in [0.15, 0.2) is 0 Å². The van der Waals surface area contributed by atoms with Crippen molar-refractivity contribution in [3.05, 3.63) is 112 Å². The summed E-state index contributed by atoms with van der Waals surface area (Å²) in [5.74, 6) is -0.101. The fourth-order valence-electron chi connectivity index (χ4n) is 4.36. The predicted molar refractivity (Wildman–Crippen MR) is 127 cm³/mol. The van der Waals surface area contributed by atoms with Gasteiger partial charge in [0.05, 0.1) is 11.8 Å². The lowest BCUT2D eigenvalue weighted by atomic mass is 10.0. The van der Waals surface area contributed by atoms with Crippen molar-refractivity contribution in [1.82, 2.24) is 14.1 Å². The van der Waals surface area contributed by atoms with Gasteiger partial charge in [-0.3, -0.25) is 9.36 Å². The molecule has 0 N–H and O–H groups in total. The first-order valence-electron chi connectivity index (χ1n) is 10.8. The van der Waals surface area contributed by atoms with Gasteiger partial charge in [0.25, 0.3) is 5.56 Å². The van der Waals surface area contributed by atoms with Crippen LogP contribution in [-0.4, -0.2) is 14.1 Å². The van der Waals surface area contributed by atoms with Crippen molar-refractivity contribution in [3.63, 3.8) is 0 Å². The molecule has 0 fully saturated rings. The molecule has 0 radical (unpaired) electrons. The Hall–Kier alpha value is -3.73. The molecule has 32 heavy (non-hydrogen) atoms. The normalized spacial score (nSPS) is 12.5. The summed E-state index contributed by atoms with van der Waals surface area (Å²) in [5, 5.41) is 0.961. The zero-order valence-electron chi connectivity index (χ0n) is 18.1. The maximum Gasteiger partial charge on any atom is 0.277 e. The smallest absolute Gasteiger partial charge is 0.277 e. The van der Waals surface area contributed by atoms with Gasteiger partial charge in [0.2, 0.25) is 0 Å². The molecular formula is C27H24FN3O. The van der Waals surface area contributed by atoms with E-state index in [1.54, 1.807) is 23.0 Å². The average Bonchev–Trinajstić information content (AvgIpc) is 3.11. The number of aryl methyl sites for hydroxylation is 1. The van der Waals surface area contributed by atoms with Gasteiger partial charge >= 0.3 is 0 Å². The molecule has 2 aromatic heterocycles. The highest BCUT2D eigenvalue weighted by Crippen LogP contribution is 2.28. The molecule has 5 aromatic rings. The topological polar surface area (TPSA) is 39.8 Å². The maximum atomic E-state index is 13.7. The van der Waals surface area contributed by atoms with Crippen LogP contribution in [-0.2, 0) is 13.1 Å². The van der Waals surface area contributed by atoms with Crippen LogP contribution in [0.5, 0.6) is 0 Å². The van der Waals surface area contributed by atoms with E-state index in [1.165, 1.54) is 17.7 Å². The number of benzene rings is 3. The minimum atomic E-state index is -0.273. The third-order valence-corrected chi connectivity index (χ3v) is 6.07. The van der Waals surface area contributed by atoms with E-state index in [0.717, 1.165) is 22.0 Å². The van der Waals surface area contributed by atoms with Gasteiger partial charge < -0.3 is 4.57 Å². The van der Waals surface area contributed by atoms with Gasteiger partial charge in [-0.15, -0.1) is 0 Å². The standard InChI is InChI=1S/C27H24FN3O/c1-18-8-13-24-23(14-18)25-26(31(24)16-20-9-11-22(28)12-10-20)27(32)30(17-29-25)15-19(2)21-6-4-3-5-7-21/h3-14,17,19H,15-16H2,1-2H3. The van der Waals surface area contributed by atoms with E-state index >= 15 is 0 Å². The number of aromatic nitrogens is 3. The van der Waals surface area contributed by atoms with Crippen LogP contribution in [0.15, 0.2) is 83.9 Å². The van der Waals surface area contributed by atoms with Crippen molar-refractivity contribution in [2.24, 2.45) is 0 Å². The SMILES string of the molecule is Cc1ccc2c(c1)c1ncn(CC(C)c3ccccc3)c(=O)c1n2Cc1ccc(F)cc1. The highest BCUT2D eigenvalue weighted by Gasteiger charge is 2.18. The van der Waals surface area contributed by atoms with Crippen molar-refractivity contribution in [2.45, 2.75) is 32.9 Å². The van der Waals surface area contributed by atoms with Crippen LogP contribution in [0, 0.1) is 12.7 Å². The van der Waals surface area contributed by atoms with E-state index < -0.39 is 0 Å². The highest BCUT2D eigenvalue weighted by molar-refractivity contribution is 6.05. The Morgan fingerprint density at radius 1 is 1.00 bits per heavy atom. The molecule has 0 aliphatic carbocycles. The second-order valence-corrected chi connectivity index (χ2v) is 8.44. The van der Waals surface area contributed by atoms with Crippen LogP contribution in [0.1, 0.15) is 29.5 Å². The number of hydrogen-bond donors (Lipinski definition) is 0. The zero-order valence-corrected chi connectivity index (χ0v) is 18.1. The minimum absolute atomic E-state index is 0.0613. The summed E-state index contributed by atoms with van der Waals surface area (Å²) < 4.78 is 17.1. The number of hydrogen-bond acceptors (Lipinski definition) is 2. The van der Waals surface area contributed by atoms with E-state index in [0.29, 0.717) is 24.1 Å². The van der Waals surface area contributed by atoms with Crippen LogP contribution < -0.4 is 5.56 Å². The Labute approximate surface area is 185 Å². The lowest BCUT2D eigenvalue weighted by Crippen LogP contribution is -2.24. The molecule has 0 aliphatic heterocycles. The van der Waals surface area contributed by atoms with Crippen molar-refractivity contribution in [3.8, 4) is 0 Å². The molecule has 4 nitrogen and oxygen atoms in total. The highest BCUT2D eigenvalue weighted by atomic mass is 19.1. The average molecular weight is 426 g/mol. The Kier molecular flexibility index (Phi) is 5.10. The Morgan fingerprint density at radius 2 is 1.75 bits per heavy atom. The number of nitrogens with zero attached hydrogens (tertiary/aromatic N) is 3. The van der Waals surface area contributed by atoms with Gasteiger partial charge in [0, 0.05) is 18.5 Å². The van der Waals surface area contributed by atoms with Gasteiger partial charge in [-0.05, 0) is 48.2 Å². The predicted octanol–water partition coefficient (Wildman–Crippen LogP) is 5.65. The first kappa shape index (κ1) is 20.2. The monoisotopic (exact) mass is 425 g/mol. The molecule has 3 aromatic carbocycles. The van der Waals surface area contributed by atoms with E-state index in [2.05, 4.69) is 25.1 Å². The third kappa shape index (κ3) is 3.60. The first-order chi connectivity index (χ1) is 15.5. The van der Waals surface area contributed by atoms with Gasteiger partial charge in [-0.25, -0.2) is 9.37 Å². The molecule has 160 valence electrons. The van der Waals surface area contributed by atoms with E-state index in [-0.39, 0.29) is 17.3 Å². The lowest BCUT2D eigenvalue weighted by molar-refractivity contribution is 0.575. The molecule has 0 aliphatic rings. The second-order valence-electron chi connectivity index (χ2n) is 8.44. The molecular weight excluding hydrogens is 401 g/mol. The Bertz CT molecular complexity index is 1470. The molecule has 5 heteroatoms. The van der Waals surface area contributed by atoms with Crippen LogP contribution in [0.4, 0.5) is 4.39 Å². The summed E-state index contributed by atoms with van der Waals surface area (Å²) in [7, 11) is 0. The number of fused-ring (bicyclic) bond motifs is 3. The van der Waals surface area contributed by atoms with Crippen LogP contribution in [0.2, 0.25) is 0 Å². The summed E-state index contributed by atoms with van der Waals surface area (Å²) in [6.45, 7) is 5.16. The van der Waals surface area contributed by atoms with Gasteiger partial charge in [-0.1, -0.05) is 61.0 Å². The molecule has 0 spiro atoms. The van der Waals surface area contributed by atoms with Crippen molar-refractivity contribution >= 4 is 21.9 Å². The van der Waals surface area contributed by atoms with Gasteiger partial charge in [0.1, 0.15) is 16.9 Å².